The molecule has 0 bridgehead atoms. The number of amides is 1. The molecule has 4 aromatic rings. The Morgan fingerprint density at radius 3 is 2.66 bits per heavy atom. The summed E-state index contributed by atoms with van der Waals surface area (Å²) in [6, 6.07) is 21.7. The lowest BCUT2D eigenvalue weighted by atomic mass is 9.96. The van der Waals surface area contributed by atoms with Crippen LogP contribution in [-0.4, -0.2) is 26.0 Å². The minimum Gasteiger partial charge on any atom is -0.322 e. The average molecular weight is 445 g/mol. The number of nitrogens with one attached hydrogen (secondary N) is 1. The first-order valence-corrected chi connectivity index (χ1v) is 10.1. The third-order valence-corrected chi connectivity index (χ3v) is 5.64. The van der Waals surface area contributed by atoms with E-state index in [4.69, 9.17) is 0 Å². The predicted octanol–water partition coefficient (Wildman–Crippen LogP) is 4.98. The summed E-state index contributed by atoms with van der Waals surface area (Å²) < 4.78 is 0.974. The van der Waals surface area contributed by atoms with Gasteiger partial charge in [-0.2, -0.15) is 5.10 Å². The van der Waals surface area contributed by atoms with Gasteiger partial charge in [0.25, 0.3) is 5.91 Å². The largest absolute Gasteiger partial charge is 0.322 e. The summed E-state index contributed by atoms with van der Waals surface area (Å²) in [4.78, 5) is 19.4. The fraction of sp³-hybridized carbons (Fsp3) is 0.0870. The molecule has 142 valence electrons. The van der Waals surface area contributed by atoms with Crippen LogP contribution in [0.15, 0.2) is 83.6 Å². The van der Waals surface area contributed by atoms with E-state index in [0.717, 1.165) is 32.4 Å². The highest BCUT2D eigenvalue weighted by molar-refractivity contribution is 9.10. The summed E-state index contributed by atoms with van der Waals surface area (Å²) in [5, 5.41) is 7.50. The summed E-state index contributed by atoms with van der Waals surface area (Å²) in [5.74, 6) is -0.0523. The molecule has 1 atom stereocenters. The van der Waals surface area contributed by atoms with E-state index >= 15 is 0 Å². The number of rotatable bonds is 4. The van der Waals surface area contributed by atoms with Crippen LogP contribution >= 0.6 is 15.9 Å². The fourth-order valence-corrected chi connectivity index (χ4v) is 4.30. The van der Waals surface area contributed by atoms with E-state index in [1.165, 1.54) is 0 Å². The molecule has 2 aromatic heterocycles. The van der Waals surface area contributed by atoms with Gasteiger partial charge in [-0.25, -0.2) is 0 Å². The molecular weight excluding hydrogens is 428 g/mol. The number of aromatic amines is 1. The minimum atomic E-state index is -0.232. The van der Waals surface area contributed by atoms with Gasteiger partial charge < -0.3 is 4.90 Å². The van der Waals surface area contributed by atoms with E-state index < -0.39 is 0 Å². The third-order valence-electron chi connectivity index (χ3n) is 5.15. The number of nitrogens with zero attached hydrogens (tertiary/aromatic N) is 3. The molecule has 5 nitrogen and oxygen atoms in total. The standard InChI is InChI=1S/C23H17BrN4O/c24-18-10-4-9-17(12-18)22-19-20(16-7-2-1-3-8-16)26-27-21(19)23(29)28(22)14-15-6-5-11-25-13-15/h1-13,22H,14H2,(H,26,27). The Morgan fingerprint density at radius 2 is 1.90 bits per heavy atom. The van der Waals surface area contributed by atoms with E-state index in [1.807, 2.05) is 59.5 Å². The maximum Gasteiger partial charge on any atom is 0.273 e. The van der Waals surface area contributed by atoms with Gasteiger partial charge in [-0.1, -0.05) is 64.5 Å². The molecule has 1 N–H and O–H groups in total. The second kappa shape index (κ2) is 7.29. The van der Waals surface area contributed by atoms with Crippen molar-refractivity contribution in [1.29, 1.82) is 0 Å². The Hall–Kier alpha value is -3.25. The molecule has 2 aromatic carbocycles. The molecule has 1 aliphatic rings. The number of benzene rings is 2. The summed E-state index contributed by atoms with van der Waals surface area (Å²) in [5.41, 5.74) is 5.30. The van der Waals surface area contributed by atoms with Gasteiger partial charge in [0.1, 0.15) is 5.69 Å². The number of H-pyrrole nitrogens is 1. The minimum absolute atomic E-state index is 0.0523. The van der Waals surface area contributed by atoms with Gasteiger partial charge in [0, 0.05) is 34.5 Å². The van der Waals surface area contributed by atoms with E-state index in [-0.39, 0.29) is 11.9 Å². The quantitative estimate of drug-likeness (QED) is 0.482. The van der Waals surface area contributed by atoms with Gasteiger partial charge in [0.15, 0.2) is 0 Å². The Bertz CT molecular complexity index is 1170. The lowest BCUT2D eigenvalue weighted by molar-refractivity contribution is 0.0730. The van der Waals surface area contributed by atoms with Crippen molar-refractivity contribution in [3.8, 4) is 11.3 Å². The topological polar surface area (TPSA) is 61.9 Å². The van der Waals surface area contributed by atoms with Crippen LogP contribution in [0.2, 0.25) is 0 Å². The number of carbonyl (C=O) groups is 1. The number of hydrogen-bond acceptors (Lipinski definition) is 3. The van der Waals surface area contributed by atoms with E-state index in [9.17, 15) is 4.79 Å². The molecule has 1 amide bonds. The summed E-state index contributed by atoms with van der Waals surface area (Å²) in [6.45, 7) is 0.473. The number of fused-ring (bicyclic) bond motifs is 1. The Labute approximate surface area is 176 Å². The SMILES string of the molecule is O=C1c2[nH]nc(-c3ccccc3)c2C(c2cccc(Br)c2)N1Cc1cccnc1. The Morgan fingerprint density at radius 1 is 1.03 bits per heavy atom. The van der Waals surface area contributed by atoms with Crippen molar-refractivity contribution in [3.63, 3.8) is 0 Å². The first kappa shape index (κ1) is 17.8. The monoisotopic (exact) mass is 444 g/mol. The molecule has 6 heteroatoms. The van der Waals surface area contributed by atoms with Gasteiger partial charge in [-0.15, -0.1) is 0 Å². The van der Waals surface area contributed by atoms with Crippen LogP contribution in [0.1, 0.15) is 33.2 Å². The zero-order chi connectivity index (χ0) is 19.8. The first-order chi connectivity index (χ1) is 14.2. The van der Waals surface area contributed by atoms with Gasteiger partial charge in [0.2, 0.25) is 0 Å². The van der Waals surface area contributed by atoms with Gasteiger partial charge in [-0.3, -0.25) is 14.9 Å². The van der Waals surface area contributed by atoms with Crippen LogP contribution in [0, 0.1) is 0 Å². The summed E-state index contributed by atoms with van der Waals surface area (Å²) in [7, 11) is 0. The molecule has 0 fully saturated rings. The zero-order valence-corrected chi connectivity index (χ0v) is 17.0. The van der Waals surface area contributed by atoms with Crippen LogP contribution in [0.5, 0.6) is 0 Å². The molecule has 0 radical (unpaired) electrons. The Balaban J connectivity index is 1.66. The summed E-state index contributed by atoms with van der Waals surface area (Å²) >= 11 is 3.57. The maximum atomic E-state index is 13.3. The van der Waals surface area contributed by atoms with E-state index in [1.54, 1.807) is 12.4 Å². The predicted molar refractivity (Wildman–Crippen MR) is 114 cm³/mol. The first-order valence-electron chi connectivity index (χ1n) is 9.31. The molecule has 0 aliphatic carbocycles. The van der Waals surface area contributed by atoms with E-state index in [0.29, 0.717) is 12.2 Å². The van der Waals surface area contributed by atoms with Crippen molar-refractivity contribution in [1.82, 2.24) is 20.1 Å². The second-order valence-electron chi connectivity index (χ2n) is 6.98. The number of halogens is 1. The van der Waals surface area contributed by atoms with Gasteiger partial charge >= 0.3 is 0 Å². The number of carbonyl (C=O) groups excluding carboxylic acids is 1. The molecule has 1 aliphatic heterocycles. The second-order valence-corrected chi connectivity index (χ2v) is 7.89. The lowest BCUT2D eigenvalue weighted by Gasteiger charge is -2.26. The van der Waals surface area contributed by atoms with Crippen molar-refractivity contribution in [2.24, 2.45) is 0 Å². The van der Waals surface area contributed by atoms with Gasteiger partial charge in [0.05, 0.1) is 11.7 Å². The van der Waals surface area contributed by atoms with Crippen LogP contribution < -0.4 is 0 Å². The van der Waals surface area contributed by atoms with E-state index in [2.05, 4.69) is 43.2 Å². The number of pyridine rings is 1. The fourth-order valence-electron chi connectivity index (χ4n) is 3.89. The number of hydrogen-bond donors (Lipinski definition) is 1. The zero-order valence-electron chi connectivity index (χ0n) is 15.4. The smallest absolute Gasteiger partial charge is 0.273 e. The summed E-state index contributed by atoms with van der Waals surface area (Å²) in [6.07, 6.45) is 3.54. The van der Waals surface area contributed by atoms with Crippen LogP contribution in [-0.2, 0) is 6.54 Å². The molecule has 1 unspecified atom stereocenters. The van der Waals surface area contributed by atoms with Crippen molar-refractivity contribution >= 4 is 21.8 Å². The van der Waals surface area contributed by atoms with Crippen molar-refractivity contribution in [3.05, 3.63) is 106 Å². The normalized spacial score (nSPS) is 15.6. The molecule has 3 heterocycles. The van der Waals surface area contributed by atoms with Gasteiger partial charge in [-0.05, 0) is 29.3 Å². The van der Waals surface area contributed by atoms with Crippen LogP contribution in [0.4, 0.5) is 0 Å². The Kier molecular flexibility index (Phi) is 4.48. The van der Waals surface area contributed by atoms with Crippen molar-refractivity contribution < 1.29 is 4.79 Å². The number of aromatic nitrogens is 3. The highest BCUT2D eigenvalue weighted by atomic mass is 79.9. The molecule has 0 spiro atoms. The van der Waals surface area contributed by atoms with Crippen LogP contribution in [0.3, 0.4) is 0 Å². The lowest BCUT2D eigenvalue weighted by Crippen LogP contribution is -2.29. The highest BCUT2D eigenvalue weighted by Gasteiger charge is 2.42. The molecule has 0 saturated carbocycles. The van der Waals surface area contributed by atoms with Crippen molar-refractivity contribution in [2.45, 2.75) is 12.6 Å². The molecule has 0 saturated heterocycles. The van der Waals surface area contributed by atoms with Crippen LogP contribution in [0.25, 0.3) is 11.3 Å². The average Bonchev–Trinajstić information content (AvgIpc) is 3.29. The van der Waals surface area contributed by atoms with Crippen molar-refractivity contribution in [2.75, 3.05) is 0 Å². The maximum absolute atomic E-state index is 13.3. The molecular formula is C23H17BrN4O. The molecule has 29 heavy (non-hydrogen) atoms. The molecule has 5 rings (SSSR count). The third kappa shape index (κ3) is 3.15. The highest BCUT2D eigenvalue weighted by Crippen LogP contribution is 2.43.